The summed E-state index contributed by atoms with van der Waals surface area (Å²) in [6, 6.07) is 4.25. The molecule has 2 fully saturated rings. The number of hydrogen-bond donors (Lipinski definition) is 0. The second-order valence-corrected chi connectivity index (χ2v) is 5.54. The molecule has 2 aliphatic heterocycles. The van der Waals surface area contributed by atoms with Gasteiger partial charge in [0, 0.05) is 37.6 Å². The number of piperidine rings is 1. The van der Waals surface area contributed by atoms with Crippen LogP contribution in [0.2, 0.25) is 0 Å². The lowest BCUT2D eigenvalue weighted by molar-refractivity contribution is -0.385. The van der Waals surface area contributed by atoms with Gasteiger partial charge in [0.1, 0.15) is 0 Å². The van der Waals surface area contributed by atoms with Crippen molar-refractivity contribution in [1.29, 1.82) is 0 Å². The highest BCUT2D eigenvalue weighted by molar-refractivity contribution is 5.95. The number of carbonyl (C=O) groups excluding carboxylic acids is 1. The first-order valence-corrected chi connectivity index (χ1v) is 7.44. The number of benzene rings is 1. The van der Waals surface area contributed by atoms with Gasteiger partial charge in [-0.2, -0.15) is 0 Å². The topological polar surface area (TPSA) is 91.1 Å². The molecule has 2 aliphatic rings. The van der Waals surface area contributed by atoms with Crippen LogP contribution in [0.4, 0.5) is 5.69 Å². The molecule has 0 atom stereocenters. The van der Waals surface area contributed by atoms with Crippen molar-refractivity contribution in [2.24, 2.45) is 0 Å². The van der Waals surface area contributed by atoms with Gasteiger partial charge in [-0.15, -0.1) is 0 Å². The van der Waals surface area contributed by atoms with Crippen LogP contribution in [0.1, 0.15) is 23.2 Å². The molecule has 1 amide bonds. The minimum Gasteiger partial charge on any atom is -0.490 e. The first-order chi connectivity index (χ1) is 11.0. The van der Waals surface area contributed by atoms with Gasteiger partial charge in [-0.1, -0.05) is 0 Å². The Morgan fingerprint density at radius 3 is 2.52 bits per heavy atom. The van der Waals surface area contributed by atoms with Gasteiger partial charge in [-0.25, -0.2) is 0 Å². The van der Waals surface area contributed by atoms with Crippen LogP contribution in [0.5, 0.6) is 5.75 Å². The first-order valence-electron chi connectivity index (χ1n) is 7.44. The molecular weight excluding hydrogens is 304 g/mol. The van der Waals surface area contributed by atoms with E-state index in [9.17, 15) is 14.9 Å². The van der Waals surface area contributed by atoms with Crippen molar-refractivity contribution in [2.45, 2.75) is 18.6 Å². The third-order valence-corrected chi connectivity index (χ3v) is 4.25. The van der Waals surface area contributed by atoms with Gasteiger partial charge in [0.15, 0.2) is 11.5 Å². The van der Waals surface area contributed by atoms with Crippen molar-refractivity contribution in [3.05, 3.63) is 33.9 Å². The molecular formula is C15H18N2O6. The summed E-state index contributed by atoms with van der Waals surface area (Å²) in [5, 5.41) is 11.1. The van der Waals surface area contributed by atoms with Crippen molar-refractivity contribution < 1.29 is 23.9 Å². The highest BCUT2D eigenvalue weighted by Gasteiger charge is 2.41. The van der Waals surface area contributed by atoms with Crippen LogP contribution in [-0.2, 0) is 9.47 Å². The smallest absolute Gasteiger partial charge is 0.311 e. The average molecular weight is 322 g/mol. The van der Waals surface area contributed by atoms with Gasteiger partial charge < -0.3 is 19.1 Å². The number of nitrogens with zero attached hydrogens (tertiary/aromatic N) is 2. The SMILES string of the molecule is COc1ccc(C(=O)N2CCC3(CC2)OCCO3)cc1[N+](=O)[O-]. The van der Waals surface area contributed by atoms with E-state index in [1.165, 1.54) is 19.2 Å². The summed E-state index contributed by atoms with van der Waals surface area (Å²) in [6.07, 6.45) is 1.22. The van der Waals surface area contributed by atoms with Gasteiger partial charge in [-0.05, 0) is 12.1 Å². The lowest BCUT2D eigenvalue weighted by atomic mass is 10.0. The Hall–Kier alpha value is -2.19. The molecule has 1 aromatic rings. The third kappa shape index (κ3) is 2.99. The second-order valence-electron chi connectivity index (χ2n) is 5.54. The van der Waals surface area contributed by atoms with E-state index >= 15 is 0 Å². The van der Waals surface area contributed by atoms with E-state index in [1.807, 2.05) is 0 Å². The molecule has 0 radical (unpaired) electrons. The zero-order valence-corrected chi connectivity index (χ0v) is 12.8. The third-order valence-electron chi connectivity index (χ3n) is 4.25. The normalized spacial score (nSPS) is 19.8. The molecule has 2 heterocycles. The second kappa shape index (κ2) is 6.13. The number of methoxy groups -OCH3 is 1. The molecule has 8 nitrogen and oxygen atoms in total. The Kier molecular flexibility index (Phi) is 4.18. The average Bonchev–Trinajstić information content (AvgIpc) is 3.02. The number of nitro benzene ring substituents is 1. The van der Waals surface area contributed by atoms with Crippen molar-refractivity contribution in [1.82, 2.24) is 4.90 Å². The molecule has 3 rings (SSSR count). The number of likely N-dealkylation sites (tertiary alicyclic amines) is 1. The van der Waals surface area contributed by atoms with Crippen LogP contribution in [0.15, 0.2) is 18.2 Å². The Bertz CT molecular complexity index is 616. The van der Waals surface area contributed by atoms with Crippen molar-refractivity contribution in [3.8, 4) is 5.75 Å². The quantitative estimate of drug-likeness (QED) is 0.620. The summed E-state index contributed by atoms with van der Waals surface area (Å²) >= 11 is 0. The molecule has 23 heavy (non-hydrogen) atoms. The minimum absolute atomic E-state index is 0.136. The molecule has 124 valence electrons. The first kappa shape index (κ1) is 15.7. The number of rotatable bonds is 3. The fourth-order valence-corrected chi connectivity index (χ4v) is 2.98. The maximum absolute atomic E-state index is 12.6. The maximum Gasteiger partial charge on any atom is 0.311 e. The molecule has 0 bridgehead atoms. The fraction of sp³-hybridized carbons (Fsp3) is 0.533. The predicted molar refractivity (Wildman–Crippen MR) is 79.4 cm³/mol. The molecule has 2 saturated heterocycles. The summed E-state index contributed by atoms with van der Waals surface area (Å²) < 4.78 is 16.2. The zero-order chi connectivity index (χ0) is 16.4. The van der Waals surface area contributed by atoms with E-state index in [0.29, 0.717) is 39.1 Å². The van der Waals surface area contributed by atoms with Crippen LogP contribution >= 0.6 is 0 Å². The van der Waals surface area contributed by atoms with E-state index in [4.69, 9.17) is 14.2 Å². The van der Waals surface area contributed by atoms with E-state index < -0.39 is 10.7 Å². The molecule has 8 heteroatoms. The van der Waals surface area contributed by atoms with E-state index in [-0.39, 0.29) is 22.9 Å². The Balaban J connectivity index is 1.73. The Morgan fingerprint density at radius 1 is 1.30 bits per heavy atom. The molecule has 1 spiro atoms. The van der Waals surface area contributed by atoms with Crippen molar-refractivity contribution >= 4 is 11.6 Å². The van der Waals surface area contributed by atoms with Crippen LogP contribution in [0, 0.1) is 10.1 Å². The van der Waals surface area contributed by atoms with Crippen molar-refractivity contribution in [3.63, 3.8) is 0 Å². The molecule has 1 aromatic carbocycles. The van der Waals surface area contributed by atoms with Gasteiger partial charge in [0.05, 0.1) is 25.2 Å². The van der Waals surface area contributed by atoms with E-state index in [2.05, 4.69) is 0 Å². The number of carbonyl (C=O) groups is 1. The van der Waals surface area contributed by atoms with Gasteiger partial charge in [0.25, 0.3) is 5.91 Å². The lowest BCUT2D eigenvalue weighted by Gasteiger charge is -2.37. The number of nitro groups is 1. The van der Waals surface area contributed by atoms with Crippen LogP contribution < -0.4 is 4.74 Å². The Labute approximate surface area is 133 Å². The zero-order valence-electron chi connectivity index (χ0n) is 12.8. The molecule has 0 saturated carbocycles. The standard InChI is InChI=1S/C15H18N2O6/c1-21-13-3-2-11(10-12(13)17(19)20)14(18)16-6-4-15(5-7-16)22-8-9-23-15/h2-3,10H,4-9H2,1H3. The molecule has 0 aliphatic carbocycles. The summed E-state index contributed by atoms with van der Waals surface area (Å²) in [5.41, 5.74) is 0.0657. The van der Waals surface area contributed by atoms with Crippen LogP contribution in [0.3, 0.4) is 0 Å². The largest absolute Gasteiger partial charge is 0.490 e. The summed E-state index contributed by atoms with van der Waals surface area (Å²) in [7, 11) is 1.36. The summed E-state index contributed by atoms with van der Waals surface area (Å²) in [4.78, 5) is 24.7. The highest BCUT2D eigenvalue weighted by Crippen LogP contribution is 2.33. The molecule has 0 unspecified atom stereocenters. The highest BCUT2D eigenvalue weighted by atomic mass is 16.7. The lowest BCUT2D eigenvalue weighted by Crippen LogP contribution is -2.47. The van der Waals surface area contributed by atoms with Crippen LogP contribution in [0.25, 0.3) is 0 Å². The minimum atomic E-state index is -0.555. The van der Waals surface area contributed by atoms with Gasteiger partial charge in [0.2, 0.25) is 0 Å². The molecule has 0 aromatic heterocycles. The van der Waals surface area contributed by atoms with Crippen molar-refractivity contribution in [2.75, 3.05) is 33.4 Å². The Morgan fingerprint density at radius 2 is 1.96 bits per heavy atom. The van der Waals surface area contributed by atoms with Crippen LogP contribution in [-0.4, -0.2) is 54.9 Å². The van der Waals surface area contributed by atoms with E-state index in [0.717, 1.165) is 0 Å². The summed E-state index contributed by atoms with van der Waals surface area (Å²) in [5.74, 6) is -0.650. The number of amides is 1. The predicted octanol–water partition coefficient (Wildman–Crippen LogP) is 1.58. The maximum atomic E-state index is 12.6. The monoisotopic (exact) mass is 322 g/mol. The van der Waals surface area contributed by atoms with E-state index in [1.54, 1.807) is 11.0 Å². The fourth-order valence-electron chi connectivity index (χ4n) is 2.98. The number of ether oxygens (including phenoxy) is 3. The number of hydrogen-bond acceptors (Lipinski definition) is 6. The summed E-state index contributed by atoms with van der Waals surface area (Å²) in [6.45, 7) is 2.16. The van der Waals surface area contributed by atoms with Gasteiger partial charge in [-0.3, -0.25) is 14.9 Å². The molecule has 0 N–H and O–H groups in total. The van der Waals surface area contributed by atoms with Gasteiger partial charge >= 0.3 is 5.69 Å².